The number of nitrogens with zero attached hydrogens (tertiary/aromatic N) is 1. The molecule has 2 heteroatoms. The predicted octanol–water partition coefficient (Wildman–Crippen LogP) is 3.36. The van der Waals surface area contributed by atoms with E-state index in [2.05, 4.69) is 18.2 Å². The van der Waals surface area contributed by atoms with E-state index in [1.807, 2.05) is 36.9 Å². The van der Waals surface area contributed by atoms with Crippen LogP contribution in [0.4, 0.5) is 0 Å². The fourth-order valence-electron chi connectivity index (χ4n) is 2.66. The van der Waals surface area contributed by atoms with Crippen LogP contribution in [-0.2, 0) is 4.79 Å². The Balaban J connectivity index is 2.20. The largest absolute Gasteiger partial charge is 0.339 e. The fraction of sp³-hybridized carbons (Fsp3) is 0.438. The van der Waals surface area contributed by atoms with Gasteiger partial charge in [-0.2, -0.15) is 0 Å². The van der Waals surface area contributed by atoms with E-state index >= 15 is 0 Å². The third-order valence-corrected chi connectivity index (χ3v) is 3.69. The zero-order chi connectivity index (χ0) is 13.0. The van der Waals surface area contributed by atoms with Crippen molar-refractivity contribution in [3.05, 3.63) is 47.5 Å². The maximum atomic E-state index is 12.4. The van der Waals surface area contributed by atoms with E-state index in [0.717, 1.165) is 31.5 Å². The molecular weight excluding hydrogens is 222 g/mol. The van der Waals surface area contributed by atoms with Crippen LogP contribution in [-0.4, -0.2) is 23.9 Å². The molecule has 0 saturated carbocycles. The van der Waals surface area contributed by atoms with Crippen LogP contribution >= 0.6 is 0 Å². The Morgan fingerprint density at radius 2 is 1.89 bits per heavy atom. The topological polar surface area (TPSA) is 20.3 Å². The van der Waals surface area contributed by atoms with Crippen LogP contribution in [0.5, 0.6) is 0 Å². The first-order chi connectivity index (χ1) is 8.77. The van der Waals surface area contributed by atoms with Crippen LogP contribution in [0.2, 0.25) is 0 Å². The lowest BCUT2D eigenvalue weighted by atomic mass is 9.92. The summed E-state index contributed by atoms with van der Waals surface area (Å²) in [5.74, 6) is 0.505. The highest BCUT2D eigenvalue weighted by molar-refractivity contribution is 5.95. The van der Waals surface area contributed by atoms with E-state index in [0.29, 0.717) is 5.92 Å². The van der Waals surface area contributed by atoms with Gasteiger partial charge in [0.15, 0.2) is 0 Å². The Hall–Kier alpha value is -1.57. The summed E-state index contributed by atoms with van der Waals surface area (Å²) in [7, 11) is 0. The van der Waals surface area contributed by atoms with Gasteiger partial charge < -0.3 is 4.90 Å². The fourth-order valence-corrected chi connectivity index (χ4v) is 2.66. The number of rotatable bonds is 4. The van der Waals surface area contributed by atoms with E-state index in [1.165, 1.54) is 5.56 Å². The highest BCUT2D eigenvalue weighted by Gasteiger charge is 2.28. The second-order valence-electron chi connectivity index (χ2n) is 4.68. The maximum Gasteiger partial charge on any atom is 0.250 e. The van der Waals surface area contributed by atoms with Gasteiger partial charge >= 0.3 is 0 Å². The van der Waals surface area contributed by atoms with Gasteiger partial charge in [0.05, 0.1) is 0 Å². The van der Waals surface area contributed by atoms with Crippen LogP contribution in [0.15, 0.2) is 42.0 Å². The van der Waals surface area contributed by atoms with Gasteiger partial charge in [0.1, 0.15) is 0 Å². The smallest absolute Gasteiger partial charge is 0.250 e. The van der Waals surface area contributed by atoms with E-state index in [9.17, 15) is 4.79 Å². The first-order valence-electron chi connectivity index (χ1n) is 6.82. The number of allylic oxidation sites excluding steroid dienone is 1. The Morgan fingerprint density at radius 1 is 1.22 bits per heavy atom. The third-order valence-electron chi connectivity index (χ3n) is 3.69. The van der Waals surface area contributed by atoms with Crippen LogP contribution < -0.4 is 0 Å². The third kappa shape index (κ3) is 2.47. The molecule has 96 valence electrons. The van der Waals surface area contributed by atoms with Crippen molar-refractivity contribution in [2.75, 3.05) is 13.1 Å². The van der Waals surface area contributed by atoms with Crippen molar-refractivity contribution in [2.24, 2.45) is 0 Å². The Bertz CT molecular complexity index is 432. The van der Waals surface area contributed by atoms with Crippen molar-refractivity contribution in [3.63, 3.8) is 0 Å². The molecule has 0 aliphatic heterocycles. The maximum absolute atomic E-state index is 12.4. The van der Waals surface area contributed by atoms with Crippen molar-refractivity contribution < 1.29 is 4.79 Å². The minimum atomic E-state index is 0.214. The molecule has 0 N–H and O–H groups in total. The summed E-state index contributed by atoms with van der Waals surface area (Å²) in [5, 5.41) is 0. The van der Waals surface area contributed by atoms with Crippen LogP contribution in [0.3, 0.4) is 0 Å². The van der Waals surface area contributed by atoms with Gasteiger partial charge in [0.25, 0.3) is 0 Å². The molecule has 18 heavy (non-hydrogen) atoms. The number of likely N-dealkylation sites (N-methyl/N-ethyl adjacent to an activating group) is 1. The van der Waals surface area contributed by atoms with Gasteiger partial charge in [0.2, 0.25) is 5.91 Å². The molecule has 1 aromatic rings. The summed E-state index contributed by atoms with van der Waals surface area (Å²) < 4.78 is 0. The lowest BCUT2D eigenvalue weighted by Crippen LogP contribution is -2.32. The Morgan fingerprint density at radius 3 is 2.50 bits per heavy atom. The van der Waals surface area contributed by atoms with Gasteiger partial charge in [-0.15, -0.1) is 0 Å². The highest BCUT2D eigenvalue weighted by atomic mass is 16.2. The SMILES string of the molecule is CCN(CC)C(=O)C1=CCCC1c1ccccc1. The van der Waals surface area contributed by atoms with Crippen LogP contribution in [0, 0.1) is 0 Å². The lowest BCUT2D eigenvalue weighted by Gasteiger charge is -2.23. The minimum absolute atomic E-state index is 0.214. The molecule has 0 radical (unpaired) electrons. The van der Waals surface area contributed by atoms with Crippen molar-refractivity contribution >= 4 is 5.91 Å². The molecule has 0 saturated heterocycles. The van der Waals surface area contributed by atoms with Gasteiger partial charge in [-0.05, 0) is 32.3 Å². The molecule has 0 fully saturated rings. The zero-order valence-electron chi connectivity index (χ0n) is 11.2. The number of amides is 1. The predicted molar refractivity (Wildman–Crippen MR) is 74.4 cm³/mol. The van der Waals surface area contributed by atoms with E-state index in [1.54, 1.807) is 0 Å². The molecule has 1 aromatic carbocycles. The van der Waals surface area contributed by atoms with Gasteiger partial charge in [-0.25, -0.2) is 0 Å². The summed E-state index contributed by atoms with van der Waals surface area (Å²) in [5.41, 5.74) is 2.26. The molecule has 1 amide bonds. The van der Waals surface area contributed by atoms with E-state index in [-0.39, 0.29) is 5.91 Å². The van der Waals surface area contributed by atoms with Crippen molar-refractivity contribution in [1.82, 2.24) is 4.90 Å². The van der Waals surface area contributed by atoms with Gasteiger partial charge in [-0.1, -0.05) is 36.4 Å². The molecule has 0 aromatic heterocycles. The first kappa shape index (κ1) is 12.9. The van der Waals surface area contributed by atoms with Gasteiger partial charge in [0, 0.05) is 24.6 Å². The summed E-state index contributed by atoms with van der Waals surface area (Å²) in [6.07, 6.45) is 4.20. The Labute approximate surface area is 109 Å². The molecule has 0 spiro atoms. The normalized spacial score (nSPS) is 18.6. The summed E-state index contributed by atoms with van der Waals surface area (Å²) in [6.45, 7) is 5.64. The van der Waals surface area contributed by atoms with Crippen LogP contribution in [0.1, 0.15) is 38.2 Å². The van der Waals surface area contributed by atoms with Crippen LogP contribution in [0.25, 0.3) is 0 Å². The summed E-state index contributed by atoms with van der Waals surface area (Å²) in [6, 6.07) is 10.4. The molecule has 0 heterocycles. The molecule has 0 bridgehead atoms. The second kappa shape index (κ2) is 5.85. The first-order valence-corrected chi connectivity index (χ1v) is 6.82. The summed E-state index contributed by atoms with van der Waals surface area (Å²) in [4.78, 5) is 14.4. The molecular formula is C16H21NO. The Kier molecular flexibility index (Phi) is 4.19. The summed E-state index contributed by atoms with van der Waals surface area (Å²) >= 11 is 0. The minimum Gasteiger partial charge on any atom is -0.339 e. The van der Waals surface area contributed by atoms with Crippen molar-refractivity contribution in [2.45, 2.75) is 32.6 Å². The molecule has 1 aliphatic carbocycles. The van der Waals surface area contributed by atoms with Crippen molar-refractivity contribution in [3.8, 4) is 0 Å². The van der Waals surface area contributed by atoms with E-state index < -0.39 is 0 Å². The number of carbonyl (C=O) groups excluding carboxylic acids is 1. The molecule has 1 aliphatic rings. The molecule has 1 unspecified atom stereocenters. The van der Waals surface area contributed by atoms with Gasteiger partial charge in [-0.3, -0.25) is 4.79 Å². The number of hydrogen-bond donors (Lipinski definition) is 0. The quantitative estimate of drug-likeness (QED) is 0.794. The molecule has 2 rings (SSSR count). The number of benzene rings is 1. The molecule has 2 nitrogen and oxygen atoms in total. The monoisotopic (exact) mass is 243 g/mol. The standard InChI is InChI=1S/C16H21NO/c1-3-17(4-2)16(18)15-12-8-11-14(15)13-9-6-5-7-10-13/h5-7,9-10,12,14H,3-4,8,11H2,1-2H3. The van der Waals surface area contributed by atoms with E-state index in [4.69, 9.17) is 0 Å². The average Bonchev–Trinajstić information content (AvgIpc) is 2.90. The highest BCUT2D eigenvalue weighted by Crippen LogP contribution is 2.35. The number of carbonyl (C=O) groups is 1. The van der Waals surface area contributed by atoms with Crippen molar-refractivity contribution in [1.29, 1.82) is 0 Å². The second-order valence-corrected chi connectivity index (χ2v) is 4.68. The molecule has 1 atom stereocenters. The number of hydrogen-bond acceptors (Lipinski definition) is 1. The zero-order valence-corrected chi connectivity index (χ0v) is 11.2. The lowest BCUT2D eigenvalue weighted by molar-refractivity contribution is -0.127. The average molecular weight is 243 g/mol.